The molecular weight excluding hydrogens is 610 g/mol. The fraction of sp³-hybridized carbons (Fsp3) is 0.200. The van der Waals surface area contributed by atoms with Crippen molar-refractivity contribution in [2.24, 2.45) is 0 Å². The molecule has 36 heavy (non-hydrogen) atoms. The predicted octanol–water partition coefficient (Wildman–Crippen LogP) is -1.16. The zero-order valence-corrected chi connectivity index (χ0v) is 27.2. The normalized spacial score (nSPS) is 14.7. The van der Waals surface area contributed by atoms with Crippen LogP contribution in [0.5, 0.6) is 0 Å². The summed E-state index contributed by atoms with van der Waals surface area (Å²) in [6.07, 6.45) is 60.0. The van der Waals surface area contributed by atoms with Gasteiger partial charge in [0.25, 0.3) is 0 Å². The van der Waals surface area contributed by atoms with E-state index in [0.29, 0.717) is 0 Å². The zero-order valence-electron chi connectivity index (χ0n) is 20.3. The van der Waals surface area contributed by atoms with Gasteiger partial charge in [-0.3, -0.25) is 36.5 Å². The molecule has 6 aliphatic rings. The largest absolute Gasteiger partial charge is 2.00 e. The monoisotopic (exact) mass is 639 g/mol. The first-order chi connectivity index (χ1) is 15.0. The van der Waals surface area contributed by atoms with Gasteiger partial charge in [0.1, 0.15) is 0 Å². The van der Waals surface area contributed by atoms with Crippen LogP contribution in [0.25, 0.3) is 0 Å². The second-order valence-electron chi connectivity index (χ2n) is 6.02. The van der Waals surface area contributed by atoms with Gasteiger partial charge >= 0.3 is 65.2 Å². The summed E-state index contributed by atoms with van der Waals surface area (Å²) in [5.41, 5.74) is 0. The standard InChI is InChI=1S/6C5H5.3ClH.3Ti/c6*1-2-4-5-3-1;;;;;;/h6*1-3H,4H2;3*1H;;;/q6*-1;;;;3*+2/p-3. The van der Waals surface area contributed by atoms with Crippen LogP contribution in [0.4, 0.5) is 0 Å². The summed E-state index contributed by atoms with van der Waals surface area (Å²) in [5, 5.41) is 0. The quantitative estimate of drug-likeness (QED) is 0.232. The van der Waals surface area contributed by atoms with Crippen LogP contribution >= 0.6 is 0 Å². The van der Waals surface area contributed by atoms with Crippen molar-refractivity contribution in [2.75, 3.05) is 0 Å². The topological polar surface area (TPSA) is 0 Å². The minimum Gasteiger partial charge on any atom is -1.00 e. The summed E-state index contributed by atoms with van der Waals surface area (Å²) < 4.78 is 0. The molecule has 6 rings (SSSR count). The third-order valence-corrected chi connectivity index (χ3v) is 3.52. The van der Waals surface area contributed by atoms with E-state index in [0.717, 1.165) is 38.5 Å². The molecule has 0 N–H and O–H groups in total. The van der Waals surface area contributed by atoms with Gasteiger partial charge in [-0.15, -0.1) is 38.5 Å². The number of hydrogen-bond donors (Lipinski definition) is 0. The molecule has 0 saturated carbocycles. The molecule has 0 heterocycles. The summed E-state index contributed by atoms with van der Waals surface area (Å²) in [6.45, 7) is 0. The molecule has 6 heteroatoms. The summed E-state index contributed by atoms with van der Waals surface area (Å²) in [7, 11) is 0. The Balaban J connectivity index is -0.0000000726. The van der Waals surface area contributed by atoms with Crippen molar-refractivity contribution in [3.8, 4) is 0 Å². The molecule has 0 nitrogen and oxygen atoms in total. The van der Waals surface area contributed by atoms with Gasteiger partial charge < -0.3 is 37.2 Å². The first-order valence-electron chi connectivity index (χ1n) is 10.3. The van der Waals surface area contributed by atoms with Gasteiger partial charge in [-0.2, -0.15) is 36.5 Å². The van der Waals surface area contributed by atoms with Gasteiger partial charge in [0, 0.05) is 0 Å². The van der Waals surface area contributed by atoms with Crippen molar-refractivity contribution >= 4 is 0 Å². The van der Waals surface area contributed by atoms with Gasteiger partial charge in [-0.05, 0) is 0 Å². The third-order valence-electron chi connectivity index (χ3n) is 3.52. The molecule has 0 aromatic heterocycles. The molecule has 0 saturated heterocycles. The maximum Gasteiger partial charge on any atom is 2.00 e. The maximum absolute atomic E-state index is 2.99. The van der Waals surface area contributed by atoms with E-state index in [9.17, 15) is 0 Å². The van der Waals surface area contributed by atoms with Crippen LogP contribution in [0.3, 0.4) is 0 Å². The number of halogens is 3. The maximum atomic E-state index is 2.99. The molecule has 0 aliphatic heterocycles. The van der Waals surface area contributed by atoms with Crippen LogP contribution in [0.15, 0.2) is 109 Å². The molecule has 0 spiro atoms. The van der Waals surface area contributed by atoms with Crippen molar-refractivity contribution in [1.82, 2.24) is 0 Å². The number of hydrogen-bond acceptors (Lipinski definition) is 0. The summed E-state index contributed by atoms with van der Waals surface area (Å²) in [6, 6.07) is 0. The third kappa shape index (κ3) is 41.0. The Morgan fingerprint density at radius 1 is 0.278 bits per heavy atom. The minimum atomic E-state index is 0. The molecule has 0 unspecified atom stereocenters. The second-order valence-corrected chi connectivity index (χ2v) is 6.02. The molecule has 0 atom stereocenters. The molecule has 0 aromatic carbocycles. The summed E-state index contributed by atoms with van der Waals surface area (Å²) in [4.78, 5) is 0. The molecule has 0 radical (unpaired) electrons. The van der Waals surface area contributed by atoms with E-state index >= 15 is 0 Å². The SMILES string of the molecule is [C-]1=CC=CC1.[C-]1=CC=CC1.[C-]1=CC=CC1.[C-]1=CC=CC1.[C-]1=CC=CC1.[C-]1=CC=CC1.[Cl-].[Cl-].[Cl-].[Ti+2].[Ti+2].[Ti+2]. The zero-order chi connectivity index (χ0) is 21.2. The van der Waals surface area contributed by atoms with Gasteiger partial charge in [0.2, 0.25) is 0 Å². The van der Waals surface area contributed by atoms with Crippen LogP contribution < -0.4 is 37.2 Å². The van der Waals surface area contributed by atoms with Crippen LogP contribution in [0, 0.1) is 36.5 Å². The van der Waals surface area contributed by atoms with E-state index in [1.54, 1.807) is 0 Å². The van der Waals surface area contributed by atoms with E-state index < -0.39 is 0 Å². The van der Waals surface area contributed by atoms with Crippen molar-refractivity contribution < 1.29 is 102 Å². The van der Waals surface area contributed by atoms with Crippen LogP contribution in [0.1, 0.15) is 38.5 Å². The number of allylic oxidation sites excluding steroid dienone is 24. The predicted molar refractivity (Wildman–Crippen MR) is 129 cm³/mol. The molecular formula is C30H30Cl3Ti3-3. The second kappa shape index (κ2) is 44.9. The van der Waals surface area contributed by atoms with E-state index in [-0.39, 0.29) is 102 Å². The average molecular weight is 641 g/mol. The molecule has 186 valence electrons. The Morgan fingerprint density at radius 2 is 0.417 bits per heavy atom. The van der Waals surface area contributed by atoms with Crippen LogP contribution in [-0.2, 0) is 65.2 Å². The first kappa shape index (κ1) is 48.9. The number of rotatable bonds is 0. The van der Waals surface area contributed by atoms with Gasteiger partial charge in [0.05, 0.1) is 0 Å². The smallest absolute Gasteiger partial charge is 1.00 e. The van der Waals surface area contributed by atoms with Crippen LogP contribution in [0.2, 0.25) is 0 Å². The van der Waals surface area contributed by atoms with Gasteiger partial charge in [0.15, 0.2) is 0 Å². The molecule has 0 aromatic rings. The van der Waals surface area contributed by atoms with Crippen molar-refractivity contribution in [3.63, 3.8) is 0 Å². The summed E-state index contributed by atoms with van der Waals surface area (Å²) >= 11 is 0. The molecule has 6 aliphatic carbocycles. The Morgan fingerprint density at radius 3 is 0.444 bits per heavy atom. The Hall–Kier alpha value is -0.107. The average Bonchev–Trinajstić information content (AvgIpc) is 3.69. The van der Waals surface area contributed by atoms with Crippen LogP contribution in [-0.4, -0.2) is 0 Å². The van der Waals surface area contributed by atoms with E-state index in [2.05, 4.69) is 72.9 Å². The molecule has 0 fully saturated rings. The van der Waals surface area contributed by atoms with Gasteiger partial charge in [-0.1, -0.05) is 0 Å². The fourth-order valence-electron chi connectivity index (χ4n) is 2.04. The van der Waals surface area contributed by atoms with Crippen molar-refractivity contribution in [2.45, 2.75) is 38.5 Å². The minimum absolute atomic E-state index is 0. The van der Waals surface area contributed by atoms with Crippen molar-refractivity contribution in [1.29, 1.82) is 0 Å². The fourth-order valence-corrected chi connectivity index (χ4v) is 2.04. The Labute approximate surface area is 284 Å². The Kier molecular flexibility index (Phi) is 60.9. The van der Waals surface area contributed by atoms with E-state index in [1.807, 2.05) is 72.9 Å². The van der Waals surface area contributed by atoms with Gasteiger partial charge in [-0.25, -0.2) is 72.9 Å². The Bertz CT molecular complexity index is 549. The molecule has 0 bridgehead atoms. The van der Waals surface area contributed by atoms with E-state index in [4.69, 9.17) is 0 Å². The molecule has 0 amide bonds. The summed E-state index contributed by atoms with van der Waals surface area (Å²) in [5.74, 6) is 0. The van der Waals surface area contributed by atoms with Crippen molar-refractivity contribution in [3.05, 3.63) is 146 Å². The van der Waals surface area contributed by atoms with E-state index in [1.165, 1.54) is 0 Å². The first-order valence-corrected chi connectivity index (χ1v) is 10.3.